The summed E-state index contributed by atoms with van der Waals surface area (Å²) in [6.07, 6.45) is 4.43. The summed E-state index contributed by atoms with van der Waals surface area (Å²) in [6.45, 7) is 6.64. The van der Waals surface area contributed by atoms with E-state index in [4.69, 9.17) is 0 Å². The predicted octanol–water partition coefficient (Wildman–Crippen LogP) is 2.94. The van der Waals surface area contributed by atoms with E-state index in [9.17, 15) is 18.4 Å². The fourth-order valence-electron chi connectivity index (χ4n) is 3.66. The quantitative estimate of drug-likeness (QED) is 0.783. The number of carbonyl (C=O) groups is 2. The van der Waals surface area contributed by atoms with Gasteiger partial charge in [0.1, 0.15) is 11.5 Å². The van der Waals surface area contributed by atoms with Crippen LogP contribution in [0.15, 0.2) is 30.6 Å². The fourth-order valence-corrected chi connectivity index (χ4v) is 3.66. The number of piperidine rings is 1. The Morgan fingerprint density at radius 1 is 1.20 bits per heavy atom. The maximum absolute atomic E-state index is 13.9. The summed E-state index contributed by atoms with van der Waals surface area (Å²) in [4.78, 5) is 28.5. The number of hydrogen-bond acceptors (Lipinski definition) is 3. The summed E-state index contributed by atoms with van der Waals surface area (Å²) >= 11 is 0. The third-order valence-corrected chi connectivity index (χ3v) is 5.44. The van der Waals surface area contributed by atoms with E-state index in [1.54, 1.807) is 11.1 Å². The zero-order valence-corrected chi connectivity index (χ0v) is 17.3. The molecule has 0 spiro atoms. The van der Waals surface area contributed by atoms with Crippen molar-refractivity contribution in [2.45, 2.75) is 33.2 Å². The minimum Gasteiger partial charge on any atom is -0.343 e. The van der Waals surface area contributed by atoms with Crippen molar-refractivity contribution in [3.05, 3.63) is 47.8 Å². The molecule has 2 aromatic rings. The van der Waals surface area contributed by atoms with Gasteiger partial charge in [0.2, 0.25) is 5.91 Å². The molecule has 9 heteroatoms. The summed E-state index contributed by atoms with van der Waals surface area (Å²) in [6, 6.07) is 3.07. The van der Waals surface area contributed by atoms with E-state index < -0.39 is 11.6 Å². The number of carbonyl (C=O) groups excluding carboxylic acids is 2. The molecule has 1 aliphatic rings. The second-order valence-corrected chi connectivity index (χ2v) is 7.32. The minimum atomic E-state index is -0.712. The number of nitrogens with one attached hydrogen (secondary N) is 1. The van der Waals surface area contributed by atoms with Crippen molar-refractivity contribution in [3.8, 4) is 5.69 Å². The first-order valence-corrected chi connectivity index (χ1v) is 10.2. The van der Waals surface area contributed by atoms with Crippen LogP contribution in [-0.2, 0) is 11.3 Å². The summed E-state index contributed by atoms with van der Waals surface area (Å²) in [5, 5.41) is 6.91. The van der Waals surface area contributed by atoms with Gasteiger partial charge in [-0.1, -0.05) is 0 Å². The van der Waals surface area contributed by atoms with Crippen LogP contribution in [-0.4, -0.2) is 57.7 Å². The van der Waals surface area contributed by atoms with Crippen molar-refractivity contribution in [1.82, 2.24) is 24.9 Å². The van der Waals surface area contributed by atoms with Crippen LogP contribution in [0.2, 0.25) is 0 Å². The van der Waals surface area contributed by atoms with Crippen molar-refractivity contribution < 1.29 is 18.4 Å². The molecule has 3 rings (SSSR count). The smallest absolute Gasteiger partial charge is 0.317 e. The Labute approximate surface area is 174 Å². The molecule has 162 valence electrons. The van der Waals surface area contributed by atoms with Gasteiger partial charge in [-0.15, -0.1) is 0 Å². The molecule has 0 atom stereocenters. The SMILES string of the molecule is CCN(CC)C(=O)C1CCN(C(=O)NCc2cnn(-c3ccc(F)cc3F)c2)CC1. The zero-order valence-electron chi connectivity index (χ0n) is 17.3. The lowest BCUT2D eigenvalue weighted by molar-refractivity contribution is -0.136. The number of rotatable bonds is 6. The highest BCUT2D eigenvalue weighted by atomic mass is 19.1. The number of amides is 3. The van der Waals surface area contributed by atoms with Crippen LogP contribution in [0.1, 0.15) is 32.3 Å². The lowest BCUT2D eigenvalue weighted by Gasteiger charge is -2.33. The molecule has 2 heterocycles. The normalized spacial score (nSPS) is 14.6. The number of halogens is 2. The first-order chi connectivity index (χ1) is 14.4. The van der Waals surface area contributed by atoms with Crippen LogP contribution in [0.25, 0.3) is 5.69 Å². The van der Waals surface area contributed by atoms with E-state index in [0.29, 0.717) is 44.6 Å². The van der Waals surface area contributed by atoms with Crippen molar-refractivity contribution in [3.63, 3.8) is 0 Å². The maximum Gasteiger partial charge on any atom is 0.317 e. The zero-order chi connectivity index (χ0) is 21.7. The largest absolute Gasteiger partial charge is 0.343 e. The molecule has 3 amide bonds. The third-order valence-electron chi connectivity index (χ3n) is 5.44. The lowest BCUT2D eigenvalue weighted by Crippen LogP contribution is -2.47. The van der Waals surface area contributed by atoms with Gasteiger partial charge in [-0.2, -0.15) is 5.10 Å². The minimum absolute atomic E-state index is 0.0298. The highest BCUT2D eigenvalue weighted by Crippen LogP contribution is 2.20. The number of benzene rings is 1. The highest BCUT2D eigenvalue weighted by Gasteiger charge is 2.29. The molecule has 0 aliphatic carbocycles. The van der Waals surface area contributed by atoms with Crippen LogP contribution in [0.4, 0.5) is 13.6 Å². The Morgan fingerprint density at radius 2 is 1.90 bits per heavy atom. The van der Waals surface area contributed by atoms with Gasteiger partial charge >= 0.3 is 6.03 Å². The maximum atomic E-state index is 13.9. The first-order valence-electron chi connectivity index (χ1n) is 10.2. The number of urea groups is 1. The molecule has 0 saturated carbocycles. The van der Waals surface area contributed by atoms with Crippen LogP contribution in [0.5, 0.6) is 0 Å². The van der Waals surface area contributed by atoms with E-state index in [1.807, 2.05) is 18.7 Å². The molecule has 1 N–H and O–H groups in total. The monoisotopic (exact) mass is 419 g/mol. The molecular weight excluding hydrogens is 392 g/mol. The van der Waals surface area contributed by atoms with Crippen molar-refractivity contribution in [2.75, 3.05) is 26.2 Å². The Kier molecular flexibility index (Phi) is 7.02. The molecule has 1 saturated heterocycles. The topological polar surface area (TPSA) is 70.5 Å². The van der Waals surface area contributed by atoms with E-state index in [-0.39, 0.29) is 30.1 Å². The summed E-state index contributed by atoms with van der Waals surface area (Å²) in [5.41, 5.74) is 0.826. The van der Waals surface area contributed by atoms with Crippen LogP contribution in [0, 0.1) is 17.6 Å². The van der Waals surface area contributed by atoms with Crippen molar-refractivity contribution in [1.29, 1.82) is 0 Å². The van der Waals surface area contributed by atoms with Crippen LogP contribution < -0.4 is 5.32 Å². The second-order valence-electron chi connectivity index (χ2n) is 7.32. The summed E-state index contributed by atoms with van der Waals surface area (Å²) < 4.78 is 28.2. The fraction of sp³-hybridized carbons (Fsp3) is 0.476. The van der Waals surface area contributed by atoms with Gasteiger partial charge in [-0.25, -0.2) is 18.3 Å². The van der Waals surface area contributed by atoms with Crippen molar-refractivity contribution in [2.24, 2.45) is 5.92 Å². The molecule has 1 aromatic heterocycles. The average Bonchev–Trinajstić information content (AvgIpc) is 3.21. The highest BCUT2D eigenvalue weighted by molar-refractivity contribution is 5.79. The number of aromatic nitrogens is 2. The van der Waals surface area contributed by atoms with E-state index in [2.05, 4.69) is 10.4 Å². The van der Waals surface area contributed by atoms with Gasteiger partial charge in [0.25, 0.3) is 0 Å². The Morgan fingerprint density at radius 3 is 2.53 bits per heavy atom. The first kappa shape index (κ1) is 21.7. The summed E-state index contributed by atoms with van der Waals surface area (Å²) in [5.74, 6) is -1.23. The molecular formula is C21H27F2N5O2. The lowest BCUT2D eigenvalue weighted by atomic mass is 9.95. The Balaban J connectivity index is 1.50. The Bertz CT molecular complexity index is 889. The number of likely N-dealkylation sites (tertiary alicyclic amines) is 1. The molecule has 0 radical (unpaired) electrons. The van der Waals surface area contributed by atoms with Gasteiger partial charge in [-0.05, 0) is 38.8 Å². The average molecular weight is 419 g/mol. The molecule has 1 aliphatic heterocycles. The van der Waals surface area contributed by atoms with Crippen molar-refractivity contribution >= 4 is 11.9 Å². The Hall–Kier alpha value is -2.97. The van der Waals surface area contributed by atoms with E-state index in [1.165, 1.54) is 16.9 Å². The molecule has 0 bridgehead atoms. The van der Waals surface area contributed by atoms with Gasteiger partial charge < -0.3 is 15.1 Å². The molecule has 1 aromatic carbocycles. The second kappa shape index (κ2) is 9.69. The number of nitrogens with zero attached hydrogens (tertiary/aromatic N) is 4. The third kappa shape index (κ3) is 4.95. The van der Waals surface area contributed by atoms with Gasteiger partial charge in [0.15, 0.2) is 5.82 Å². The number of hydrogen-bond donors (Lipinski definition) is 1. The molecule has 30 heavy (non-hydrogen) atoms. The summed E-state index contributed by atoms with van der Waals surface area (Å²) in [7, 11) is 0. The van der Waals surface area contributed by atoms with Gasteiger partial charge in [0.05, 0.1) is 6.20 Å². The van der Waals surface area contributed by atoms with Gasteiger partial charge in [0, 0.05) is 56.5 Å². The van der Waals surface area contributed by atoms with Crippen LogP contribution in [0.3, 0.4) is 0 Å². The molecule has 0 unspecified atom stereocenters. The predicted molar refractivity (Wildman–Crippen MR) is 108 cm³/mol. The van der Waals surface area contributed by atoms with E-state index >= 15 is 0 Å². The molecule has 1 fully saturated rings. The van der Waals surface area contributed by atoms with Crippen LogP contribution >= 0.6 is 0 Å². The standard InChI is InChI=1S/C21H27F2N5O2/c1-3-26(4-2)20(29)16-7-9-27(10-8-16)21(30)24-12-15-13-25-28(14-15)19-6-5-17(22)11-18(19)23/h5-6,11,13-14,16H,3-4,7-10,12H2,1-2H3,(H,24,30). The van der Waals surface area contributed by atoms with Gasteiger partial charge in [-0.3, -0.25) is 4.79 Å². The van der Waals surface area contributed by atoms with E-state index in [0.717, 1.165) is 12.1 Å². The molecule has 7 nitrogen and oxygen atoms in total.